The fourth-order valence-electron chi connectivity index (χ4n) is 6.70. The maximum atomic E-state index is 13.3. The summed E-state index contributed by atoms with van der Waals surface area (Å²) in [6.45, 7) is 0. The van der Waals surface area contributed by atoms with Crippen molar-refractivity contribution in [1.29, 1.82) is 0 Å². The third-order valence-corrected chi connectivity index (χ3v) is 9.57. The molecule has 3 saturated carbocycles. The zero-order valence-corrected chi connectivity index (χ0v) is 19.2. The van der Waals surface area contributed by atoms with Gasteiger partial charge in [0.05, 0.1) is 5.92 Å². The molecular weight excluding hydrogens is 414 g/mol. The van der Waals surface area contributed by atoms with Crippen LogP contribution in [0.25, 0.3) is 0 Å². The van der Waals surface area contributed by atoms with Crippen molar-refractivity contribution >= 4 is 23.6 Å². The Hall–Kier alpha value is -1.15. The summed E-state index contributed by atoms with van der Waals surface area (Å²) in [6, 6.07) is 0.498. The van der Waals surface area contributed by atoms with E-state index in [4.69, 9.17) is 0 Å². The Morgan fingerprint density at radius 2 is 1.48 bits per heavy atom. The second kappa shape index (κ2) is 10.6. The van der Waals surface area contributed by atoms with Crippen molar-refractivity contribution in [2.75, 3.05) is 5.75 Å². The summed E-state index contributed by atoms with van der Waals surface area (Å²) in [6.07, 6.45) is 11.8. The number of hydrogen-bond acceptors (Lipinski definition) is 5. The first-order valence-corrected chi connectivity index (χ1v) is 13.4. The zero-order chi connectivity index (χ0) is 21.8. The van der Waals surface area contributed by atoms with Gasteiger partial charge in [-0.25, -0.2) is 0 Å². The molecule has 8 heteroatoms. The average Bonchev–Trinajstić information content (AvgIpc) is 3.27. The van der Waals surface area contributed by atoms with Crippen LogP contribution in [0.15, 0.2) is 0 Å². The molecule has 1 saturated heterocycles. The van der Waals surface area contributed by atoms with Gasteiger partial charge in [-0.2, -0.15) is 0 Å². The minimum atomic E-state index is -0.674. The molecule has 174 valence electrons. The molecule has 0 aromatic carbocycles. The molecule has 0 aromatic rings. The van der Waals surface area contributed by atoms with Crippen LogP contribution >= 0.6 is 11.8 Å². The molecule has 4 rings (SSSR count). The largest absolute Gasteiger partial charge is 0.481 e. The summed E-state index contributed by atoms with van der Waals surface area (Å²) in [5.74, 6) is 1.00. The number of carbonyl (C=O) groups is 2. The molecule has 0 spiro atoms. The normalized spacial score (nSPS) is 41.4. The van der Waals surface area contributed by atoms with Crippen LogP contribution in [0.4, 0.5) is 0 Å². The minimum Gasteiger partial charge on any atom is -0.481 e. The smallest absolute Gasteiger partial charge is 0.306 e. The van der Waals surface area contributed by atoms with Crippen LogP contribution in [0.2, 0.25) is 0 Å². The average molecular weight is 453 g/mol. The van der Waals surface area contributed by atoms with Crippen LogP contribution in [0.1, 0.15) is 77.0 Å². The predicted molar refractivity (Wildman–Crippen MR) is 120 cm³/mol. The molecule has 7 nitrogen and oxygen atoms in total. The maximum Gasteiger partial charge on any atom is 0.306 e. The predicted octanol–water partition coefficient (Wildman–Crippen LogP) is 2.19. The van der Waals surface area contributed by atoms with Crippen LogP contribution in [0.5, 0.6) is 0 Å². The Kier molecular flexibility index (Phi) is 7.91. The van der Waals surface area contributed by atoms with Gasteiger partial charge in [0.15, 0.2) is 6.04 Å². The monoisotopic (exact) mass is 452 g/mol. The molecule has 6 atom stereocenters. The lowest BCUT2D eigenvalue weighted by Gasteiger charge is -2.41. The van der Waals surface area contributed by atoms with Gasteiger partial charge in [0.2, 0.25) is 5.91 Å². The Morgan fingerprint density at radius 1 is 0.871 bits per heavy atom. The van der Waals surface area contributed by atoms with E-state index in [1.807, 2.05) is 0 Å². The van der Waals surface area contributed by atoms with E-state index in [1.54, 1.807) is 11.8 Å². The standard InChI is InChI=1S/C23H37N3O4S/c27-21(25-23-24-20(13-31-23)14-9-11-15(26-30)12-10-14)18-7-3-1-5-16(18)17-6-2-4-8-19(17)22(28)29/h14-20,23-24H,1-13H2,(H,25,27)(H,28,29)/p+1. The van der Waals surface area contributed by atoms with Crippen molar-refractivity contribution in [3.05, 3.63) is 4.91 Å². The number of rotatable bonds is 6. The molecule has 6 unspecified atom stereocenters. The highest BCUT2D eigenvalue weighted by Gasteiger charge is 2.43. The molecule has 0 aromatic heterocycles. The van der Waals surface area contributed by atoms with Crippen molar-refractivity contribution in [2.45, 2.75) is 94.6 Å². The number of carboxylic acid groups (broad SMARTS) is 1. The molecule has 31 heavy (non-hydrogen) atoms. The topological polar surface area (TPSA) is 109 Å². The first-order valence-electron chi connectivity index (χ1n) is 12.3. The number of nitroso groups, excluding NO2 is 1. The second-order valence-corrected chi connectivity index (χ2v) is 11.3. The van der Waals surface area contributed by atoms with Crippen molar-refractivity contribution in [1.82, 2.24) is 10.6 Å². The summed E-state index contributed by atoms with van der Waals surface area (Å²) >= 11 is 1.77. The molecule has 1 aliphatic heterocycles. The van der Waals surface area contributed by atoms with E-state index in [-0.39, 0.29) is 41.1 Å². The fourth-order valence-corrected chi connectivity index (χ4v) is 7.94. The van der Waals surface area contributed by atoms with Gasteiger partial charge >= 0.3 is 5.97 Å². The second-order valence-electron chi connectivity index (χ2n) is 10.2. The van der Waals surface area contributed by atoms with Crippen LogP contribution in [0.3, 0.4) is 0 Å². The Morgan fingerprint density at radius 3 is 2.13 bits per heavy atom. The number of carboxylic acids is 1. The van der Waals surface area contributed by atoms with E-state index in [1.165, 1.54) is 0 Å². The van der Waals surface area contributed by atoms with E-state index in [0.717, 1.165) is 82.8 Å². The molecular formula is C23H38N3O4S+. The van der Waals surface area contributed by atoms with Gasteiger partial charge in [-0.15, -0.1) is 11.8 Å². The Labute approximate surface area is 189 Å². The highest BCUT2D eigenvalue weighted by Crippen LogP contribution is 2.44. The SMILES string of the molecule is O=[NH+]C1CCC(C2CSC(NC(=O)C3CCCCC3C3CCCCC3C(=O)O)N2)CC1. The lowest BCUT2D eigenvalue weighted by Crippen LogP contribution is -2.73. The van der Waals surface area contributed by atoms with Crippen molar-refractivity contribution in [2.24, 2.45) is 29.6 Å². The van der Waals surface area contributed by atoms with E-state index in [2.05, 4.69) is 15.8 Å². The quantitative estimate of drug-likeness (QED) is 0.492. The molecule has 4 aliphatic rings. The van der Waals surface area contributed by atoms with Gasteiger partial charge in [0.1, 0.15) is 5.50 Å². The van der Waals surface area contributed by atoms with Crippen LogP contribution in [0, 0.1) is 34.5 Å². The lowest BCUT2D eigenvalue weighted by molar-refractivity contribution is -0.530. The summed E-state index contributed by atoms with van der Waals surface area (Å²) in [4.78, 5) is 36.0. The van der Waals surface area contributed by atoms with Crippen molar-refractivity contribution in [3.63, 3.8) is 0 Å². The van der Waals surface area contributed by atoms with Gasteiger partial charge in [-0.3, -0.25) is 14.9 Å². The number of hydrogen-bond donors (Lipinski definition) is 4. The minimum absolute atomic E-state index is 0.0567. The Balaban J connectivity index is 1.33. The van der Waals surface area contributed by atoms with Gasteiger partial charge in [0.25, 0.3) is 0 Å². The highest BCUT2D eigenvalue weighted by atomic mass is 32.2. The highest BCUT2D eigenvalue weighted by molar-refractivity contribution is 8.00. The van der Waals surface area contributed by atoms with E-state index >= 15 is 0 Å². The molecule has 1 amide bonds. The Bertz CT molecular complexity index is 655. The van der Waals surface area contributed by atoms with E-state index < -0.39 is 5.97 Å². The molecule has 4 N–H and O–H groups in total. The summed E-state index contributed by atoms with van der Waals surface area (Å²) in [7, 11) is 0. The molecule has 4 fully saturated rings. The first-order chi connectivity index (χ1) is 15.1. The van der Waals surface area contributed by atoms with Gasteiger partial charge in [0, 0.05) is 35.5 Å². The van der Waals surface area contributed by atoms with Gasteiger partial charge < -0.3 is 10.4 Å². The summed E-state index contributed by atoms with van der Waals surface area (Å²) in [5, 5.41) is 18.8. The molecule has 1 heterocycles. The summed E-state index contributed by atoms with van der Waals surface area (Å²) in [5.41, 5.74) is -0.0583. The van der Waals surface area contributed by atoms with E-state index in [0.29, 0.717) is 12.0 Å². The van der Waals surface area contributed by atoms with E-state index in [9.17, 15) is 19.6 Å². The summed E-state index contributed by atoms with van der Waals surface area (Å²) < 4.78 is 0. The number of thioether (sulfide) groups is 1. The number of amides is 1. The third-order valence-electron chi connectivity index (χ3n) is 8.43. The molecule has 0 bridgehead atoms. The number of nitrogens with one attached hydrogen (secondary N) is 3. The van der Waals surface area contributed by atoms with Gasteiger partial charge in [-0.1, -0.05) is 25.7 Å². The van der Waals surface area contributed by atoms with Crippen LogP contribution in [-0.4, -0.2) is 40.3 Å². The number of aliphatic carboxylic acids is 1. The van der Waals surface area contributed by atoms with Crippen molar-refractivity contribution < 1.29 is 19.9 Å². The molecule has 0 radical (unpaired) electrons. The third kappa shape index (κ3) is 5.44. The zero-order valence-electron chi connectivity index (χ0n) is 18.4. The number of carbonyl (C=O) groups excluding carboxylic acids is 1. The van der Waals surface area contributed by atoms with Gasteiger partial charge in [-0.05, 0) is 61.5 Å². The van der Waals surface area contributed by atoms with Crippen LogP contribution in [-0.2, 0) is 9.59 Å². The maximum absolute atomic E-state index is 13.3. The lowest BCUT2D eigenvalue weighted by atomic mass is 9.64. The van der Waals surface area contributed by atoms with Crippen molar-refractivity contribution in [3.8, 4) is 0 Å². The van der Waals surface area contributed by atoms with Crippen LogP contribution < -0.4 is 15.8 Å². The first kappa shape index (κ1) is 23.0. The fraction of sp³-hybridized carbons (Fsp3) is 0.913. The molecule has 3 aliphatic carbocycles.